The molecule has 1 fully saturated rings. The fourth-order valence-electron chi connectivity index (χ4n) is 2.44. The zero-order valence-electron chi connectivity index (χ0n) is 10.8. The molecular weight excluding hydrogens is 226 g/mol. The van der Waals surface area contributed by atoms with Gasteiger partial charge >= 0.3 is 0 Å². The molecule has 98 valence electrons. The Bertz CT molecular complexity index is 425. The highest BCUT2D eigenvalue weighted by atomic mass is 16.1. The first-order valence-electron chi connectivity index (χ1n) is 6.54. The van der Waals surface area contributed by atoms with Gasteiger partial charge in [0.15, 0.2) is 0 Å². The number of hydrogen-bond acceptors (Lipinski definition) is 3. The molecule has 1 atom stereocenters. The van der Waals surface area contributed by atoms with E-state index in [1.807, 2.05) is 19.1 Å². The van der Waals surface area contributed by atoms with Gasteiger partial charge in [-0.3, -0.25) is 4.79 Å². The van der Waals surface area contributed by atoms with Crippen LogP contribution in [0.5, 0.6) is 0 Å². The van der Waals surface area contributed by atoms with Crippen LogP contribution in [0.2, 0.25) is 0 Å². The number of rotatable bonds is 5. The van der Waals surface area contributed by atoms with Crippen LogP contribution in [-0.2, 0) is 0 Å². The SMILES string of the molecule is Cc1cc(NCC[C@H]2CCCN2)ccc1C(N)=O. The second kappa shape index (κ2) is 5.87. The molecule has 2 rings (SSSR count). The number of aryl methyl sites for hydroxylation is 1. The fourth-order valence-corrected chi connectivity index (χ4v) is 2.44. The highest BCUT2D eigenvalue weighted by Gasteiger charge is 2.13. The summed E-state index contributed by atoms with van der Waals surface area (Å²) in [6, 6.07) is 6.33. The summed E-state index contributed by atoms with van der Waals surface area (Å²) < 4.78 is 0. The van der Waals surface area contributed by atoms with Crippen LogP contribution in [0.25, 0.3) is 0 Å². The fraction of sp³-hybridized carbons (Fsp3) is 0.500. The molecule has 1 aliphatic heterocycles. The summed E-state index contributed by atoms with van der Waals surface area (Å²) in [6.07, 6.45) is 3.70. The molecule has 0 spiro atoms. The van der Waals surface area contributed by atoms with Crippen LogP contribution in [0.1, 0.15) is 35.2 Å². The number of nitrogens with one attached hydrogen (secondary N) is 2. The molecule has 4 heteroatoms. The first-order chi connectivity index (χ1) is 8.66. The topological polar surface area (TPSA) is 67.2 Å². The standard InChI is InChI=1S/C14H21N3O/c1-10-9-12(4-5-13(10)14(15)18)17-8-6-11-3-2-7-16-11/h4-5,9,11,16-17H,2-3,6-8H2,1H3,(H2,15,18)/t11-/m1/s1. The van der Waals surface area contributed by atoms with Crippen molar-refractivity contribution >= 4 is 11.6 Å². The third kappa shape index (κ3) is 3.23. The van der Waals surface area contributed by atoms with Gasteiger partial charge in [0.1, 0.15) is 0 Å². The molecular formula is C14H21N3O. The Balaban J connectivity index is 1.85. The van der Waals surface area contributed by atoms with Crippen molar-refractivity contribution in [1.82, 2.24) is 5.32 Å². The van der Waals surface area contributed by atoms with Crippen molar-refractivity contribution < 1.29 is 4.79 Å². The minimum absolute atomic E-state index is 0.366. The molecule has 0 aromatic heterocycles. The van der Waals surface area contributed by atoms with Gasteiger partial charge in [-0.2, -0.15) is 0 Å². The molecule has 1 amide bonds. The van der Waals surface area contributed by atoms with E-state index in [4.69, 9.17) is 5.73 Å². The van der Waals surface area contributed by atoms with Crippen molar-refractivity contribution in [2.24, 2.45) is 5.73 Å². The van der Waals surface area contributed by atoms with E-state index in [2.05, 4.69) is 10.6 Å². The number of nitrogens with two attached hydrogens (primary N) is 1. The monoisotopic (exact) mass is 247 g/mol. The summed E-state index contributed by atoms with van der Waals surface area (Å²) in [5.74, 6) is -0.366. The molecule has 4 nitrogen and oxygen atoms in total. The second-order valence-electron chi connectivity index (χ2n) is 4.90. The zero-order valence-corrected chi connectivity index (χ0v) is 10.8. The van der Waals surface area contributed by atoms with Crippen molar-refractivity contribution in [2.75, 3.05) is 18.4 Å². The van der Waals surface area contributed by atoms with Crippen LogP contribution in [-0.4, -0.2) is 25.0 Å². The Hall–Kier alpha value is -1.55. The maximum absolute atomic E-state index is 11.1. The third-order valence-electron chi connectivity index (χ3n) is 3.48. The predicted octanol–water partition coefficient (Wildman–Crippen LogP) is 1.65. The average molecular weight is 247 g/mol. The zero-order chi connectivity index (χ0) is 13.0. The van der Waals surface area contributed by atoms with E-state index >= 15 is 0 Å². The van der Waals surface area contributed by atoms with E-state index in [0.29, 0.717) is 11.6 Å². The summed E-state index contributed by atoms with van der Waals surface area (Å²) >= 11 is 0. The summed E-state index contributed by atoms with van der Waals surface area (Å²) in [6.45, 7) is 4.01. The van der Waals surface area contributed by atoms with Crippen molar-refractivity contribution in [3.63, 3.8) is 0 Å². The molecule has 1 aromatic carbocycles. The Labute approximate surface area is 108 Å². The van der Waals surface area contributed by atoms with Crippen LogP contribution in [0.4, 0.5) is 5.69 Å². The smallest absolute Gasteiger partial charge is 0.248 e. The van der Waals surface area contributed by atoms with Crippen LogP contribution in [0.15, 0.2) is 18.2 Å². The molecule has 4 N–H and O–H groups in total. The number of carbonyl (C=O) groups is 1. The maximum Gasteiger partial charge on any atom is 0.248 e. The molecule has 18 heavy (non-hydrogen) atoms. The van der Waals surface area contributed by atoms with Crippen LogP contribution in [0.3, 0.4) is 0 Å². The van der Waals surface area contributed by atoms with Gasteiger partial charge in [-0.25, -0.2) is 0 Å². The largest absolute Gasteiger partial charge is 0.385 e. The lowest BCUT2D eigenvalue weighted by Gasteiger charge is -2.12. The van der Waals surface area contributed by atoms with E-state index in [1.54, 1.807) is 6.07 Å². The Morgan fingerprint density at radius 3 is 3.00 bits per heavy atom. The number of primary amides is 1. The summed E-state index contributed by atoms with van der Waals surface area (Å²) in [5, 5.41) is 6.86. The lowest BCUT2D eigenvalue weighted by molar-refractivity contribution is 0.1000. The highest BCUT2D eigenvalue weighted by molar-refractivity contribution is 5.94. The molecule has 0 aliphatic carbocycles. The van der Waals surface area contributed by atoms with Crippen molar-refractivity contribution in [1.29, 1.82) is 0 Å². The molecule has 1 aliphatic rings. The van der Waals surface area contributed by atoms with E-state index < -0.39 is 0 Å². The van der Waals surface area contributed by atoms with Gasteiger partial charge in [0.05, 0.1) is 0 Å². The van der Waals surface area contributed by atoms with Crippen LogP contribution < -0.4 is 16.4 Å². The van der Waals surface area contributed by atoms with Gasteiger partial charge in [-0.1, -0.05) is 0 Å². The number of hydrogen-bond donors (Lipinski definition) is 3. The second-order valence-corrected chi connectivity index (χ2v) is 4.90. The molecule has 1 heterocycles. The maximum atomic E-state index is 11.1. The highest BCUT2D eigenvalue weighted by Crippen LogP contribution is 2.15. The molecule has 0 saturated carbocycles. The van der Waals surface area contributed by atoms with Gasteiger partial charge in [0.2, 0.25) is 5.91 Å². The minimum atomic E-state index is -0.366. The first kappa shape index (κ1) is 12.9. The van der Waals surface area contributed by atoms with E-state index in [-0.39, 0.29) is 5.91 Å². The van der Waals surface area contributed by atoms with Crippen molar-refractivity contribution in [2.45, 2.75) is 32.2 Å². The van der Waals surface area contributed by atoms with Gasteiger partial charge in [-0.05, 0) is 56.5 Å². The molecule has 1 saturated heterocycles. The average Bonchev–Trinajstić information content (AvgIpc) is 2.81. The van der Waals surface area contributed by atoms with E-state index in [1.165, 1.54) is 12.8 Å². The van der Waals surface area contributed by atoms with Crippen molar-refractivity contribution in [3.05, 3.63) is 29.3 Å². The number of amides is 1. The van der Waals surface area contributed by atoms with Crippen molar-refractivity contribution in [3.8, 4) is 0 Å². The first-order valence-corrected chi connectivity index (χ1v) is 6.54. The lowest BCUT2D eigenvalue weighted by Crippen LogP contribution is -2.24. The van der Waals surface area contributed by atoms with E-state index in [0.717, 1.165) is 30.8 Å². The Kier molecular flexibility index (Phi) is 4.20. The van der Waals surface area contributed by atoms with Crippen LogP contribution >= 0.6 is 0 Å². The molecule has 1 aromatic rings. The lowest BCUT2D eigenvalue weighted by atomic mass is 10.1. The molecule has 0 bridgehead atoms. The molecule has 0 unspecified atom stereocenters. The normalized spacial score (nSPS) is 18.8. The van der Waals surface area contributed by atoms with Gasteiger partial charge < -0.3 is 16.4 Å². The van der Waals surface area contributed by atoms with Gasteiger partial charge in [0, 0.05) is 23.8 Å². The summed E-state index contributed by atoms with van der Waals surface area (Å²) in [5.41, 5.74) is 7.85. The van der Waals surface area contributed by atoms with Gasteiger partial charge in [-0.15, -0.1) is 0 Å². The summed E-state index contributed by atoms with van der Waals surface area (Å²) in [4.78, 5) is 11.1. The Morgan fingerprint density at radius 1 is 1.56 bits per heavy atom. The third-order valence-corrected chi connectivity index (χ3v) is 3.48. The molecule has 0 radical (unpaired) electrons. The summed E-state index contributed by atoms with van der Waals surface area (Å²) in [7, 11) is 0. The Morgan fingerprint density at radius 2 is 2.39 bits per heavy atom. The number of carbonyl (C=O) groups excluding carboxylic acids is 1. The van der Waals surface area contributed by atoms with Crippen LogP contribution in [0, 0.1) is 6.92 Å². The van der Waals surface area contributed by atoms with E-state index in [9.17, 15) is 4.79 Å². The predicted molar refractivity (Wildman–Crippen MR) is 73.8 cm³/mol. The number of anilines is 1. The minimum Gasteiger partial charge on any atom is -0.385 e. The van der Waals surface area contributed by atoms with Gasteiger partial charge in [0.25, 0.3) is 0 Å². The quantitative estimate of drug-likeness (QED) is 0.741. The number of benzene rings is 1.